The number of hydrogen-bond donors (Lipinski definition) is 1. The van der Waals surface area contributed by atoms with Crippen LogP contribution in [0.2, 0.25) is 0 Å². The second kappa shape index (κ2) is 5.80. The molecule has 1 aromatic heterocycles. The van der Waals surface area contributed by atoms with Gasteiger partial charge >= 0.3 is 5.97 Å². The van der Waals surface area contributed by atoms with Gasteiger partial charge in [-0.1, -0.05) is 0 Å². The average Bonchev–Trinajstić information content (AvgIpc) is 2.98. The van der Waals surface area contributed by atoms with Gasteiger partial charge in [-0.25, -0.2) is 4.79 Å². The van der Waals surface area contributed by atoms with Crippen molar-refractivity contribution in [2.24, 2.45) is 0 Å². The largest absolute Gasteiger partial charge is 0.497 e. The number of nitrogens with one attached hydrogen (secondary N) is 1. The van der Waals surface area contributed by atoms with E-state index in [-0.39, 0.29) is 17.1 Å². The first kappa shape index (κ1) is 14.6. The zero-order valence-corrected chi connectivity index (χ0v) is 12.1. The number of non-ortho nitro benzene ring substituents is 1. The maximum absolute atomic E-state index is 12.1. The van der Waals surface area contributed by atoms with Crippen molar-refractivity contribution in [3.05, 3.63) is 64.3 Å². The first-order valence-electron chi connectivity index (χ1n) is 6.70. The molecule has 0 aliphatic rings. The zero-order chi connectivity index (χ0) is 16.4. The molecule has 0 aliphatic carbocycles. The Morgan fingerprint density at radius 1 is 1.09 bits per heavy atom. The summed E-state index contributed by atoms with van der Waals surface area (Å²) in [4.78, 5) is 25.2. The number of aromatic nitrogens is 1. The number of nitro benzene ring substituents is 1. The van der Waals surface area contributed by atoms with Crippen molar-refractivity contribution in [1.82, 2.24) is 4.98 Å². The molecule has 7 nitrogen and oxygen atoms in total. The normalized spacial score (nSPS) is 10.5. The Bertz CT molecular complexity index is 883. The molecule has 1 heterocycles. The molecule has 0 aliphatic heterocycles. The molecule has 0 radical (unpaired) electrons. The van der Waals surface area contributed by atoms with Crippen LogP contribution in [0, 0.1) is 10.1 Å². The van der Waals surface area contributed by atoms with Gasteiger partial charge in [0.05, 0.1) is 12.0 Å². The van der Waals surface area contributed by atoms with E-state index in [4.69, 9.17) is 9.47 Å². The fraction of sp³-hybridized carbons (Fsp3) is 0.0625. The molecule has 116 valence electrons. The van der Waals surface area contributed by atoms with Crippen LogP contribution in [-0.2, 0) is 0 Å². The highest BCUT2D eigenvalue weighted by molar-refractivity contribution is 5.96. The maximum atomic E-state index is 12.1. The monoisotopic (exact) mass is 312 g/mol. The number of nitrogens with zero attached hydrogens (tertiary/aromatic N) is 1. The minimum absolute atomic E-state index is 0.0671. The Labute approximate surface area is 130 Å². The topological polar surface area (TPSA) is 94.5 Å². The van der Waals surface area contributed by atoms with E-state index in [2.05, 4.69) is 4.98 Å². The third-order valence-corrected chi connectivity index (χ3v) is 3.31. The highest BCUT2D eigenvalue weighted by atomic mass is 16.6. The van der Waals surface area contributed by atoms with Crippen LogP contribution in [0.25, 0.3) is 10.9 Å². The van der Waals surface area contributed by atoms with Gasteiger partial charge in [-0.3, -0.25) is 10.1 Å². The summed E-state index contributed by atoms with van der Waals surface area (Å²) in [7, 11) is 1.57. The molecule has 7 heteroatoms. The number of carbonyl (C=O) groups excluding carboxylic acids is 1. The lowest BCUT2D eigenvalue weighted by Crippen LogP contribution is -2.08. The molecule has 0 spiro atoms. The van der Waals surface area contributed by atoms with Crippen molar-refractivity contribution in [2.75, 3.05) is 7.11 Å². The van der Waals surface area contributed by atoms with Crippen molar-refractivity contribution in [2.45, 2.75) is 0 Å². The maximum Gasteiger partial charge on any atom is 0.360 e. The van der Waals surface area contributed by atoms with Gasteiger partial charge in [-0.2, -0.15) is 0 Å². The van der Waals surface area contributed by atoms with E-state index in [1.807, 2.05) is 0 Å². The fourth-order valence-electron chi connectivity index (χ4n) is 2.15. The first-order valence-corrected chi connectivity index (χ1v) is 6.70. The number of carbonyl (C=O) groups is 1. The van der Waals surface area contributed by atoms with Gasteiger partial charge in [0.25, 0.3) is 5.69 Å². The summed E-state index contributed by atoms with van der Waals surface area (Å²) in [6.45, 7) is 0. The second-order valence-corrected chi connectivity index (χ2v) is 4.78. The lowest BCUT2D eigenvalue weighted by atomic mass is 10.2. The molecular formula is C16H12N2O5. The van der Waals surface area contributed by atoms with Gasteiger partial charge in [0.15, 0.2) is 0 Å². The van der Waals surface area contributed by atoms with E-state index in [1.165, 1.54) is 24.3 Å². The van der Waals surface area contributed by atoms with Crippen molar-refractivity contribution in [3.63, 3.8) is 0 Å². The molecule has 1 N–H and O–H groups in total. The molecule has 23 heavy (non-hydrogen) atoms. The third kappa shape index (κ3) is 2.98. The zero-order valence-electron chi connectivity index (χ0n) is 12.1. The van der Waals surface area contributed by atoms with Crippen molar-refractivity contribution in [3.8, 4) is 11.5 Å². The molecule has 0 saturated carbocycles. The molecule has 3 rings (SSSR count). The van der Waals surface area contributed by atoms with Crippen molar-refractivity contribution < 1.29 is 19.2 Å². The molecule has 3 aromatic rings. The Kier molecular flexibility index (Phi) is 3.68. The number of rotatable bonds is 4. The van der Waals surface area contributed by atoms with E-state index < -0.39 is 10.9 Å². The van der Waals surface area contributed by atoms with E-state index in [9.17, 15) is 14.9 Å². The van der Waals surface area contributed by atoms with Gasteiger partial charge in [0.1, 0.15) is 17.2 Å². The van der Waals surface area contributed by atoms with E-state index >= 15 is 0 Å². The molecule has 0 unspecified atom stereocenters. The number of benzene rings is 2. The minimum atomic E-state index is -0.575. The van der Waals surface area contributed by atoms with Crippen LogP contribution in [0.1, 0.15) is 10.5 Å². The van der Waals surface area contributed by atoms with Crippen LogP contribution in [-0.4, -0.2) is 23.0 Å². The van der Waals surface area contributed by atoms with Gasteiger partial charge in [-0.05, 0) is 36.4 Å². The summed E-state index contributed by atoms with van der Waals surface area (Å²) in [5.74, 6) is 0.345. The standard InChI is InChI=1S/C16H12N2O5/c1-22-13-6-7-14-10(8-13)9-15(17-14)16(19)23-12-4-2-11(3-5-12)18(20)21/h2-9,17H,1H3. The molecule has 0 fully saturated rings. The molecular weight excluding hydrogens is 300 g/mol. The number of nitro groups is 1. The second-order valence-electron chi connectivity index (χ2n) is 4.78. The van der Waals surface area contributed by atoms with Gasteiger partial charge in [0, 0.05) is 23.0 Å². The first-order chi connectivity index (χ1) is 11.1. The van der Waals surface area contributed by atoms with Crippen molar-refractivity contribution >= 4 is 22.6 Å². The van der Waals surface area contributed by atoms with Crippen molar-refractivity contribution in [1.29, 1.82) is 0 Å². The Morgan fingerprint density at radius 2 is 1.78 bits per heavy atom. The van der Waals surface area contributed by atoms with Crippen LogP contribution in [0.3, 0.4) is 0 Å². The summed E-state index contributed by atoms with van der Waals surface area (Å²) in [6, 6.07) is 12.3. The van der Waals surface area contributed by atoms with E-state index in [0.717, 1.165) is 10.9 Å². The molecule has 0 bridgehead atoms. The molecule has 2 aromatic carbocycles. The predicted molar refractivity (Wildman–Crippen MR) is 82.9 cm³/mol. The highest BCUT2D eigenvalue weighted by Gasteiger charge is 2.13. The average molecular weight is 312 g/mol. The lowest BCUT2D eigenvalue weighted by Gasteiger charge is -2.02. The Balaban J connectivity index is 1.81. The number of ether oxygens (including phenoxy) is 2. The Morgan fingerprint density at radius 3 is 2.43 bits per heavy atom. The van der Waals surface area contributed by atoms with Gasteiger partial charge in [0.2, 0.25) is 0 Å². The summed E-state index contributed by atoms with van der Waals surface area (Å²) < 4.78 is 10.3. The molecule has 0 saturated heterocycles. The summed E-state index contributed by atoms with van der Waals surface area (Å²) in [5, 5.41) is 11.4. The van der Waals surface area contributed by atoms with E-state index in [0.29, 0.717) is 5.75 Å². The lowest BCUT2D eigenvalue weighted by molar-refractivity contribution is -0.384. The van der Waals surface area contributed by atoms with Crippen LogP contribution in [0.15, 0.2) is 48.5 Å². The smallest absolute Gasteiger partial charge is 0.360 e. The highest BCUT2D eigenvalue weighted by Crippen LogP contribution is 2.23. The fourth-order valence-corrected chi connectivity index (χ4v) is 2.15. The third-order valence-electron chi connectivity index (χ3n) is 3.31. The van der Waals surface area contributed by atoms with Crippen LogP contribution < -0.4 is 9.47 Å². The Hall–Kier alpha value is -3.35. The number of H-pyrrole nitrogens is 1. The van der Waals surface area contributed by atoms with Gasteiger partial charge in [-0.15, -0.1) is 0 Å². The summed E-state index contributed by atoms with van der Waals surface area (Å²) in [5.41, 5.74) is 0.996. The molecule has 0 atom stereocenters. The van der Waals surface area contributed by atoms with E-state index in [1.54, 1.807) is 31.4 Å². The van der Waals surface area contributed by atoms with Crippen LogP contribution >= 0.6 is 0 Å². The summed E-state index contributed by atoms with van der Waals surface area (Å²) in [6.07, 6.45) is 0. The SMILES string of the molecule is COc1ccc2[nH]c(C(=O)Oc3ccc([N+](=O)[O-])cc3)cc2c1. The quantitative estimate of drug-likeness (QED) is 0.345. The van der Waals surface area contributed by atoms with Gasteiger partial charge < -0.3 is 14.5 Å². The van der Waals surface area contributed by atoms with Crippen LogP contribution in [0.5, 0.6) is 11.5 Å². The number of hydrogen-bond acceptors (Lipinski definition) is 5. The van der Waals surface area contributed by atoms with Crippen LogP contribution in [0.4, 0.5) is 5.69 Å². The molecule has 0 amide bonds. The minimum Gasteiger partial charge on any atom is -0.497 e. The number of methoxy groups -OCH3 is 1. The number of esters is 1. The number of aromatic amines is 1. The number of fused-ring (bicyclic) bond motifs is 1. The summed E-state index contributed by atoms with van der Waals surface area (Å²) >= 11 is 0. The predicted octanol–water partition coefficient (Wildman–Crippen LogP) is 3.30.